The summed E-state index contributed by atoms with van der Waals surface area (Å²) in [7, 11) is 0. The Balaban J connectivity index is 2.37. The number of likely N-dealkylation sites (tertiary alicyclic amines) is 1. The Morgan fingerprint density at radius 1 is 1.40 bits per heavy atom. The van der Waals surface area contributed by atoms with Gasteiger partial charge in [-0.2, -0.15) is 0 Å². The average molecular weight is 276 g/mol. The zero-order valence-corrected chi connectivity index (χ0v) is 11.8. The lowest BCUT2D eigenvalue weighted by molar-refractivity contribution is -0.148. The average Bonchev–Trinajstić information content (AvgIpc) is 2.69. The third-order valence-electron chi connectivity index (χ3n) is 3.68. The lowest BCUT2D eigenvalue weighted by atomic mass is 10.0. The van der Waals surface area contributed by atoms with Crippen molar-refractivity contribution in [3.8, 4) is 0 Å². The van der Waals surface area contributed by atoms with Gasteiger partial charge in [0, 0.05) is 13.0 Å². The number of rotatable bonds is 4. The third-order valence-corrected chi connectivity index (χ3v) is 3.68. The van der Waals surface area contributed by atoms with E-state index in [0.717, 1.165) is 11.1 Å². The number of carboxylic acids is 1. The van der Waals surface area contributed by atoms with E-state index in [1.165, 1.54) is 4.90 Å². The fourth-order valence-electron chi connectivity index (χ4n) is 2.84. The van der Waals surface area contributed by atoms with Crippen LogP contribution in [-0.4, -0.2) is 35.0 Å². The first-order chi connectivity index (χ1) is 9.42. The highest BCUT2D eigenvalue weighted by molar-refractivity contribution is 5.86. The number of benzene rings is 1. The Kier molecular flexibility index (Phi) is 4.09. The summed E-state index contributed by atoms with van der Waals surface area (Å²) in [4.78, 5) is 25.1. The van der Waals surface area contributed by atoms with Crippen LogP contribution in [0.1, 0.15) is 29.2 Å². The molecule has 1 fully saturated rings. The molecule has 0 aromatic heterocycles. The molecule has 20 heavy (non-hydrogen) atoms. The number of hydrogen-bond acceptors (Lipinski definition) is 3. The van der Waals surface area contributed by atoms with Crippen molar-refractivity contribution in [1.29, 1.82) is 0 Å². The molecule has 0 bridgehead atoms. The fourth-order valence-corrected chi connectivity index (χ4v) is 2.84. The van der Waals surface area contributed by atoms with E-state index in [1.807, 2.05) is 32.0 Å². The van der Waals surface area contributed by atoms with Gasteiger partial charge in [-0.25, -0.2) is 4.79 Å². The summed E-state index contributed by atoms with van der Waals surface area (Å²) in [6, 6.07) is 4.72. The lowest BCUT2D eigenvalue weighted by Crippen LogP contribution is -2.35. The highest BCUT2D eigenvalue weighted by atomic mass is 16.4. The molecule has 1 aromatic carbocycles. The van der Waals surface area contributed by atoms with E-state index in [1.54, 1.807) is 0 Å². The van der Waals surface area contributed by atoms with E-state index in [4.69, 9.17) is 5.73 Å². The zero-order chi connectivity index (χ0) is 14.9. The second-order valence-electron chi connectivity index (χ2n) is 5.51. The van der Waals surface area contributed by atoms with Gasteiger partial charge in [-0.05, 0) is 31.9 Å². The van der Waals surface area contributed by atoms with Gasteiger partial charge in [0.15, 0.2) is 6.04 Å². The molecular weight excluding hydrogens is 256 g/mol. The van der Waals surface area contributed by atoms with Gasteiger partial charge in [0.1, 0.15) is 0 Å². The molecule has 1 aromatic rings. The molecule has 1 heterocycles. The molecule has 5 nitrogen and oxygen atoms in total. The van der Waals surface area contributed by atoms with Gasteiger partial charge in [0.2, 0.25) is 5.91 Å². The van der Waals surface area contributed by atoms with E-state index in [2.05, 4.69) is 0 Å². The fraction of sp³-hybridized carbons (Fsp3) is 0.467. The van der Waals surface area contributed by atoms with Crippen LogP contribution in [0.5, 0.6) is 0 Å². The van der Waals surface area contributed by atoms with E-state index in [9.17, 15) is 14.7 Å². The van der Waals surface area contributed by atoms with E-state index >= 15 is 0 Å². The number of aliphatic carboxylic acids is 1. The predicted octanol–water partition coefficient (Wildman–Crippen LogP) is 1.24. The van der Waals surface area contributed by atoms with Crippen molar-refractivity contribution in [1.82, 2.24) is 4.90 Å². The number of carboxylic acid groups (broad SMARTS) is 1. The second kappa shape index (κ2) is 5.63. The lowest BCUT2D eigenvalue weighted by Gasteiger charge is -2.25. The highest BCUT2D eigenvalue weighted by Gasteiger charge is 2.38. The number of amides is 1. The Labute approximate surface area is 118 Å². The van der Waals surface area contributed by atoms with Gasteiger partial charge >= 0.3 is 5.97 Å². The van der Waals surface area contributed by atoms with Crippen LogP contribution in [-0.2, 0) is 9.59 Å². The highest BCUT2D eigenvalue weighted by Crippen LogP contribution is 2.29. The Morgan fingerprint density at radius 2 is 2.00 bits per heavy atom. The minimum Gasteiger partial charge on any atom is -0.479 e. The summed E-state index contributed by atoms with van der Waals surface area (Å²) in [6.07, 6.45) is 0.338. The van der Waals surface area contributed by atoms with Crippen LogP contribution in [0, 0.1) is 19.8 Å². The molecule has 1 aliphatic rings. The zero-order valence-electron chi connectivity index (χ0n) is 11.8. The van der Waals surface area contributed by atoms with Crippen LogP contribution >= 0.6 is 0 Å². The number of carbonyl (C=O) groups excluding carboxylic acids is 1. The minimum absolute atomic E-state index is 0.0512. The summed E-state index contributed by atoms with van der Waals surface area (Å²) in [6.45, 7) is 4.66. The predicted molar refractivity (Wildman–Crippen MR) is 75.2 cm³/mol. The van der Waals surface area contributed by atoms with Crippen LogP contribution in [0.3, 0.4) is 0 Å². The summed E-state index contributed by atoms with van der Waals surface area (Å²) >= 11 is 0. The Hall–Kier alpha value is -1.88. The first-order valence-electron chi connectivity index (χ1n) is 6.73. The van der Waals surface area contributed by atoms with Gasteiger partial charge in [0.05, 0.1) is 0 Å². The molecule has 0 radical (unpaired) electrons. The van der Waals surface area contributed by atoms with Crippen molar-refractivity contribution in [2.45, 2.75) is 26.3 Å². The normalized spacial score (nSPS) is 20.2. The first-order valence-corrected chi connectivity index (χ1v) is 6.73. The van der Waals surface area contributed by atoms with Crippen molar-refractivity contribution >= 4 is 11.9 Å². The molecule has 3 N–H and O–H groups in total. The maximum absolute atomic E-state index is 12.0. The summed E-state index contributed by atoms with van der Waals surface area (Å²) in [5.41, 5.74) is 8.24. The molecule has 0 spiro atoms. The SMILES string of the molecule is Cc1cc(C)cc(C(C(=O)O)N2CC(CN)CC2=O)c1. The molecule has 2 rings (SSSR count). The van der Waals surface area contributed by atoms with Crippen molar-refractivity contribution in [2.75, 3.05) is 13.1 Å². The number of hydrogen-bond donors (Lipinski definition) is 2. The molecule has 2 unspecified atom stereocenters. The van der Waals surface area contributed by atoms with Crippen LogP contribution in [0.15, 0.2) is 18.2 Å². The maximum Gasteiger partial charge on any atom is 0.331 e. The molecule has 2 atom stereocenters. The van der Waals surface area contributed by atoms with E-state index in [-0.39, 0.29) is 11.8 Å². The van der Waals surface area contributed by atoms with Crippen molar-refractivity contribution in [3.63, 3.8) is 0 Å². The molecular formula is C15H20N2O3. The minimum atomic E-state index is -0.999. The topological polar surface area (TPSA) is 83.6 Å². The molecule has 5 heteroatoms. The summed E-state index contributed by atoms with van der Waals surface area (Å²) in [5.74, 6) is -1.08. The van der Waals surface area contributed by atoms with Crippen LogP contribution in [0.25, 0.3) is 0 Å². The van der Waals surface area contributed by atoms with Gasteiger partial charge in [-0.1, -0.05) is 29.3 Å². The Bertz CT molecular complexity index is 522. The number of nitrogens with zero attached hydrogens (tertiary/aromatic N) is 1. The standard InChI is InChI=1S/C15H20N2O3/c1-9-3-10(2)5-12(4-9)14(15(19)20)17-8-11(7-16)6-13(17)18/h3-5,11,14H,6-8,16H2,1-2H3,(H,19,20). The molecule has 108 valence electrons. The second-order valence-corrected chi connectivity index (χ2v) is 5.51. The van der Waals surface area contributed by atoms with Crippen molar-refractivity contribution in [3.05, 3.63) is 34.9 Å². The number of aryl methyl sites for hydroxylation is 2. The number of carbonyl (C=O) groups is 2. The maximum atomic E-state index is 12.0. The molecule has 1 saturated heterocycles. The quantitative estimate of drug-likeness (QED) is 0.866. The summed E-state index contributed by atoms with van der Waals surface area (Å²) in [5, 5.41) is 9.52. The van der Waals surface area contributed by atoms with E-state index < -0.39 is 12.0 Å². The largest absolute Gasteiger partial charge is 0.479 e. The molecule has 1 amide bonds. The van der Waals surface area contributed by atoms with Crippen molar-refractivity contribution < 1.29 is 14.7 Å². The van der Waals surface area contributed by atoms with Gasteiger partial charge in [0.25, 0.3) is 0 Å². The van der Waals surface area contributed by atoms with Gasteiger partial charge < -0.3 is 15.7 Å². The molecule has 0 saturated carbocycles. The van der Waals surface area contributed by atoms with Crippen LogP contribution in [0.4, 0.5) is 0 Å². The molecule has 1 aliphatic heterocycles. The Morgan fingerprint density at radius 3 is 2.45 bits per heavy atom. The number of nitrogens with two attached hydrogens (primary N) is 1. The van der Waals surface area contributed by atoms with E-state index in [0.29, 0.717) is 25.1 Å². The third kappa shape index (κ3) is 2.82. The van der Waals surface area contributed by atoms with Crippen molar-refractivity contribution in [2.24, 2.45) is 11.7 Å². The first kappa shape index (κ1) is 14.5. The monoisotopic (exact) mass is 276 g/mol. The summed E-state index contributed by atoms with van der Waals surface area (Å²) < 4.78 is 0. The molecule has 0 aliphatic carbocycles. The van der Waals surface area contributed by atoms with Crippen LogP contribution in [0.2, 0.25) is 0 Å². The van der Waals surface area contributed by atoms with Gasteiger partial charge in [-0.15, -0.1) is 0 Å². The van der Waals surface area contributed by atoms with Crippen LogP contribution < -0.4 is 5.73 Å². The smallest absolute Gasteiger partial charge is 0.331 e. The van der Waals surface area contributed by atoms with Gasteiger partial charge in [-0.3, -0.25) is 4.79 Å².